The van der Waals surface area contributed by atoms with Crippen LogP contribution in [-0.2, 0) is 11.3 Å². The number of carboxylic acids is 1. The summed E-state index contributed by atoms with van der Waals surface area (Å²) in [5, 5.41) is 12.3. The molecular formula is C14H13BrN2O2. The molecule has 0 saturated heterocycles. The maximum absolute atomic E-state index is 11.3. The highest BCUT2D eigenvalue weighted by molar-refractivity contribution is 9.10. The van der Waals surface area contributed by atoms with Gasteiger partial charge in [0.25, 0.3) is 0 Å². The van der Waals surface area contributed by atoms with Crippen LogP contribution in [-0.4, -0.2) is 16.1 Å². The van der Waals surface area contributed by atoms with Crippen molar-refractivity contribution in [2.75, 3.05) is 0 Å². The summed E-state index contributed by atoms with van der Waals surface area (Å²) in [5.74, 6) is -0.939. The topological polar surface area (TPSA) is 62.2 Å². The van der Waals surface area contributed by atoms with E-state index in [2.05, 4.69) is 26.2 Å². The first kappa shape index (κ1) is 13.7. The van der Waals surface area contributed by atoms with E-state index >= 15 is 0 Å². The molecule has 4 nitrogen and oxygen atoms in total. The summed E-state index contributed by atoms with van der Waals surface area (Å²) < 4.78 is 0.823. The van der Waals surface area contributed by atoms with Crippen molar-refractivity contribution in [1.29, 1.82) is 0 Å². The zero-order valence-electron chi connectivity index (χ0n) is 10.1. The summed E-state index contributed by atoms with van der Waals surface area (Å²) >= 11 is 3.28. The van der Waals surface area contributed by atoms with E-state index in [4.69, 9.17) is 0 Å². The van der Waals surface area contributed by atoms with Gasteiger partial charge in [-0.25, -0.2) is 0 Å². The van der Waals surface area contributed by atoms with E-state index in [9.17, 15) is 9.90 Å². The first-order chi connectivity index (χ1) is 9.16. The quantitative estimate of drug-likeness (QED) is 0.889. The smallest absolute Gasteiger partial charge is 0.326 e. The minimum absolute atomic E-state index is 0.482. The molecule has 0 aliphatic rings. The molecule has 2 N–H and O–H groups in total. The molecule has 0 amide bonds. The van der Waals surface area contributed by atoms with Crippen LogP contribution in [0.4, 0.5) is 0 Å². The molecule has 2 aromatic rings. The Morgan fingerprint density at radius 3 is 2.58 bits per heavy atom. The molecule has 1 heterocycles. The first-order valence-electron chi connectivity index (χ1n) is 5.78. The normalized spacial score (nSPS) is 12.1. The Hall–Kier alpha value is -1.72. The maximum Gasteiger partial charge on any atom is 0.326 e. The third-order valence-corrected chi connectivity index (χ3v) is 3.12. The summed E-state index contributed by atoms with van der Waals surface area (Å²) in [7, 11) is 0. The summed E-state index contributed by atoms with van der Waals surface area (Å²) in [5.41, 5.74) is 1.53. The average Bonchev–Trinajstić information content (AvgIpc) is 2.42. The largest absolute Gasteiger partial charge is 0.480 e. The van der Waals surface area contributed by atoms with Gasteiger partial charge in [0.15, 0.2) is 0 Å². The molecular weight excluding hydrogens is 308 g/mol. The Kier molecular flexibility index (Phi) is 4.65. The molecule has 98 valence electrons. The fraction of sp³-hybridized carbons (Fsp3) is 0.143. The van der Waals surface area contributed by atoms with Crippen LogP contribution >= 0.6 is 15.9 Å². The Balaban J connectivity index is 2.09. The van der Waals surface area contributed by atoms with Crippen LogP contribution in [0, 0.1) is 0 Å². The number of nitrogens with zero attached hydrogens (tertiary/aromatic N) is 1. The molecule has 19 heavy (non-hydrogen) atoms. The van der Waals surface area contributed by atoms with E-state index in [0.29, 0.717) is 12.2 Å². The number of nitrogens with one attached hydrogen (secondary N) is 1. The standard InChI is InChI=1S/C14H13BrN2O2/c15-11-6-7-12(16-9-11)13(14(18)19)17-8-10-4-2-1-3-5-10/h1-7,9,13,17H,8H2,(H,18,19). The fourth-order valence-electron chi connectivity index (χ4n) is 1.69. The lowest BCUT2D eigenvalue weighted by molar-refractivity contribution is -0.139. The molecule has 0 aliphatic heterocycles. The van der Waals surface area contributed by atoms with E-state index in [1.165, 1.54) is 0 Å². The van der Waals surface area contributed by atoms with Crippen LogP contribution < -0.4 is 5.32 Å². The van der Waals surface area contributed by atoms with Gasteiger partial charge < -0.3 is 5.11 Å². The molecule has 0 bridgehead atoms. The molecule has 0 aliphatic carbocycles. The van der Waals surface area contributed by atoms with E-state index in [1.807, 2.05) is 30.3 Å². The summed E-state index contributed by atoms with van der Waals surface area (Å²) in [6, 6.07) is 12.3. The molecule has 1 unspecified atom stereocenters. The highest BCUT2D eigenvalue weighted by atomic mass is 79.9. The van der Waals surface area contributed by atoms with Gasteiger partial charge in [-0.2, -0.15) is 0 Å². The summed E-state index contributed by atoms with van der Waals surface area (Å²) in [4.78, 5) is 15.4. The molecule has 5 heteroatoms. The van der Waals surface area contributed by atoms with Crippen molar-refractivity contribution < 1.29 is 9.90 Å². The van der Waals surface area contributed by atoms with E-state index in [0.717, 1.165) is 10.0 Å². The Bertz CT molecular complexity index is 543. The predicted octanol–water partition coefficient (Wildman–Crippen LogP) is 2.76. The van der Waals surface area contributed by atoms with Crippen molar-refractivity contribution in [2.45, 2.75) is 12.6 Å². The molecule has 0 saturated carbocycles. The van der Waals surface area contributed by atoms with Crippen LogP contribution in [0.1, 0.15) is 17.3 Å². The summed E-state index contributed by atoms with van der Waals surface area (Å²) in [6.07, 6.45) is 1.59. The number of aliphatic carboxylic acids is 1. The number of aromatic nitrogens is 1. The van der Waals surface area contributed by atoms with Crippen LogP contribution in [0.3, 0.4) is 0 Å². The number of halogens is 1. The van der Waals surface area contributed by atoms with Crippen LogP contribution in [0.25, 0.3) is 0 Å². The second-order valence-corrected chi connectivity index (χ2v) is 4.95. The molecule has 2 rings (SSSR count). The van der Waals surface area contributed by atoms with Crippen LogP contribution in [0.5, 0.6) is 0 Å². The molecule has 1 atom stereocenters. The third-order valence-electron chi connectivity index (χ3n) is 2.65. The monoisotopic (exact) mass is 320 g/mol. The zero-order chi connectivity index (χ0) is 13.7. The van der Waals surface area contributed by atoms with Crippen molar-refractivity contribution in [1.82, 2.24) is 10.3 Å². The zero-order valence-corrected chi connectivity index (χ0v) is 11.7. The van der Waals surface area contributed by atoms with E-state index in [-0.39, 0.29) is 0 Å². The number of pyridine rings is 1. The molecule has 1 aromatic heterocycles. The van der Waals surface area contributed by atoms with Gasteiger partial charge in [0, 0.05) is 17.2 Å². The molecule has 0 spiro atoms. The fourth-order valence-corrected chi connectivity index (χ4v) is 1.93. The molecule has 0 radical (unpaired) electrons. The Labute approximate surface area is 119 Å². The Morgan fingerprint density at radius 2 is 2.00 bits per heavy atom. The number of benzene rings is 1. The van der Waals surface area contributed by atoms with Gasteiger partial charge in [-0.05, 0) is 33.6 Å². The number of hydrogen-bond acceptors (Lipinski definition) is 3. The van der Waals surface area contributed by atoms with Gasteiger partial charge in [-0.3, -0.25) is 15.1 Å². The van der Waals surface area contributed by atoms with Gasteiger partial charge in [0.05, 0.1) is 5.69 Å². The number of hydrogen-bond donors (Lipinski definition) is 2. The highest BCUT2D eigenvalue weighted by Crippen LogP contribution is 2.15. The third kappa shape index (κ3) is 3.87. The second kappa shape index (κ2) is 6.45. The molecule has 1 aromatic carbocycles. The SMILES string of the molecule is O=C(O)C(NCc1ccccc1)c1ccc(Br)cn1. The lowest BCUT2D eigenvalue weighted by Gasteiger charge is -2.14. The average molecular weight is 321 g/mol. The lowest BCUT2D eigenvalue weighted by atomic mass is 10.1. The minimum atomic E-state index is -0.939. The van der Waals surface area contributed by atoms with Gasteiger partial charge in [-0.15, -0.1) is 0 Å². The molecule has 0 fully saturated rings. The lowest BCUT2D eigenvalue weighted by Crippen LogP contribution is -2.28. The van der Waals surface area contributed by atoms with Crippen molar-refractivity contribution in [3.63, 3.8) is 0 Å². The number of carboxylic acid groups (broad SMARTS) is 1. The Morgan fingerprint density at radius 1 is 1.26 bits per heavy atom. The van der Waals surface area contributed by atoms with Gasteiger partial charge in [0.1, 0.15) is 6.04 Å². The summed E-state index contributed by atoms with van der Waals surface area (Å²) in [6.45, 7) is 0.482. The van der Waals surface area contributed by atoms with Crippen molar-refractivity contribution in [3.05, 3.63) is 64.4 Å². The van der Waals surface area contributed by atoms with E-state index < -0.39 is 12.0 Å². The van der Waals surface area contributed by atoms with Crippen molar-refractivity contribution >= 4 is 21.9 Å². The van der Waals surface area contributed by atoms with E-state index in [1.54, 1.807) is 18.3 Å². The maximum atomic E-state index is 11.3. The van der Waals surface area contributed by atoms with Crippen molar-refractivity contribution in [2.24, 2.45) is 0 Å². The van der Waals surface area contributed by atoms with Gasteiger partial charge in [0.2, 0.25) is 0 Å². The number of rotatable bonds is 5. The van der Waals surface area contributed by atoms with Gasteiger partial charge in [-0.1, -0.05) is 30.3 Å². The van der Waals surface area contributed by atoms with Crippen LogP contribution in [0.15, 0.2) is 53.1 Å². The van der Waals surface area contributed by atoms with Gasteiger partial charge >= 0.3 is 5.97 Å². The number of carbonyl (C=O) groups is 1. The highest BCUT2D eigenvalue weighted by Gasteiger charge is 2.20. The predicted molar refractivity (Wildman–Crippen MR) is 75.6 cm³/mol. The van der Waals surface area contributed by atoms with Crippen LogP contribution in [0.2, 0.25) is 0 Å². The first-order valence-corrected chi connectivity index (χ1v) is 6.57. The second-order valence-electron chi connectivity index (χ2n) is 4.04. The van der Waals surface area contributed by atoms with Crippen molar-refractivity contribution in [3.8, 4) is 0 Å². The minimum Gasteiger partial charge on any atom is -0.480 e.